The summed E-state index contributed by atoms with van der Waals surface area (Å²) in [5, 5.41) is 12.8. The number of carboxylic acid groups (broad SMARTS) is 1. The van der Waals surface area contributed by atoms with Crippen LogP contribution in [0.25, 0.3) is 61.0 Å². The van der Waals surface area contributed by atoms with E-state index in [1.54, 1.807) is 34.7 Å². The summed E-state index contributed by atoms with van der Waals surface area (Å²) < 4.78 is 63.2. The molecule has 0 spiro atoms. The van der Waals surface area contributed by atoms with Gasteiger partial charge in [-0.2, -0.15) is 0 Å². The lowest BCUT2D eigenvalue weighted by atomic mass is 10.0. The maximum Gasteiger partial charge on any atom is 0.311 e. The van der Waals surface area contributed by atoms with Crippen LogP contribution in [-0.2, 0) is 21.2 Å². The predicted octanol–water partition coefficient (Wildman–Crippen LogP) is 5.78. The Hall–Kier alpha value is -5.89. The molecule has 0 aliphatic carbocycles. The fraction of sp³-hybridized carbons (Fsp3) is 0.118. The van der Waals surface area contributed by atoms with E-state index in [2.05, 4.69) is 10.3 Å². The van der Waals surface area contributed by atoms with Gasteiger partial charge in [-0.3, -0.25) is 18.3 Å². The molecule has 0 unspecified atom stereocenters. The first-order valence-electron chi connectivity index (χ1n) is 14.5. The van der Waals surface area contributed by atoms with Gasteiger partial charge in [0.1, 0.15) is 40.7 Å². The first-order chi connectivity index (χ1) is 22.8. The number of hydrogen-bond donors (Lipinski definition) is 2. The van der Waals surface area contributed by atoms with E-state index < -0.39 is 40.0 Å². The molecule has 11 nitrogen and oxygen atoms in total. The molecule has 0 aliphatic rings. The second-order valence-corrected chi connectivity index (χ2v) is 13.2. The molecule has 0 atom stereocenters. The summed E-state index contributed by atoms with van der Waals surface area (Å²) >= 11 is 0. The number of pyridine rings is 1. The van der Waals surface area contributed by atoms with E-state index in [1.165, 1.54) is 56.6 Å². The Balaban J connectivity index is 1.55. The Morgan fingerprint density at radius 1 is 0.979 bits per heavy atom. The van der Waals surface area contributed by atoms with E-state index in [4.69, 9.17) is 9.40 Å². The highest BCUT2D eigenvalue weighted by Gasteiger charge is 2.27. The largest absolute Gasteiger partial charge is 0.481 e. The Bertz CT molecular complexity index is 2600. The van der Waals surface area contributed by atoms with E-state index in [0.29, 0.717) is 38.6 Å². The molecule has 3 aromatic carbocycles. The Labute approximate surface area is 271 Å². The fourth-order valence-corrected chi connectivity index (χ4v) is 6.41. The minimum absolute atomic E-state index is 0.144. The van der Waals surface area contributed by atoms with E-state index in [0.717, 1.165) is 10.6 Å². The Kier molecular flexibility index (Phi) is 7.13. The van der Waals surface area contributed by atoms with E-state index in [9.17, 15) is 31.9 Å². The quantitative estimate of drug-likeness (QED) is 0.217. The van der Waals surface area contributed by atoms with Crippen molar-refractivity contribution in [3.05, 3.63) is 95.8 Å². The molecule has 0 bridgehead atoms. The lowest BCUT2D eigenvalue weighted by Gasteiger charge is -2.20. The summed E-state index contributed by atoms with van der Waals surface area (Å²) in [6, 6.07) is 17.7. The van der Waals surface area contributed by atoms with Crippen molar-refractivity contribution in [2.45, 2.75) is 6.42 Å². The third-order valence-corrected chi connectivity index (χ3v) is 9.40. The monoisotopic (exact) mass is 669 g/mol. The van der Waals surface area contributed by atoms with Crippen LogP contribution < -0.4 is 9.62 Å². The molecule has 2 N–H and O–H groups in total. The fourth-order valence-electron chi connectivity index (χ4n) is 5.90. The highest BCUT2D eigenvalue weighted by atomic mass is 32.2. The van der Waals surface area contributed by atoms with Crippen molar-refractivity contribution in [1.29, 1.82) is 0 Å². The number of nitrogens with one attached hydrogen (secondary N) is 1. The number of aromatic nitrogens is 3. The smallest absolute Gasteiger partial charge is 0.311 e. The molecule has 0 aliphatic heterocycles. The number of aliphatic carboxylic acids is 1. The summed E-state index contributed by atoms with van der Waals surface area (Å²) in [6.45, 7) is 0. The van der Waals surface area contributed by atoms with Crippen molar-refractivity contribution in [3.8, 4) is 22.6 Å². The molecular weight excluding hydrogens is 644 g/mol. The summed E-state index contributed by atoms with van der Waals surface area (Å²) in [7, 11) is -1.00. The minimum Gasteiger partial charge on any atom is -0.481 e. The van der Waals surface area contributed by atoms with Crippen molar-refractivity contribution >= 4 is 66.0 Å². The number of furan rings is 1. The standard InChI is InChI=1S/C34H25F2N5O6S/c1-37-34(44)31-21-13-20(26(40(2)48(3,45)46)15-28(21)47-33(31)17-7-9-18(35)10-8-17)23-11-12-24-32(39-23)27-14-19-22(36)5-4-6-25(19)41(27)29(38-24)16-30(42)43/h4-15H,16H2,1-3H3,(H,37,44)(H,42,43). The molecule has 7 aromatic rings. The van der Waals surface area contributed by atoms with Gasteiger partial charge in [0.2, 0.25) is 10.0 Å². The average molecular weight is 670 g/mol. The molecule has 48 heavy (non-hydrogen) atoms. The third kappa shape index (κ3) is 4.97. The van der Waals surface area contributed by atoms with Crippen LogP contribution in [0.3, 0.4) is 0 Å². The van der Waals surface area contributed by atoms with Crippen molar-refractivity contribution in [1.82, 2.24) is 19.7 Å². The van der Waals surface area contributed by atoms with Crippen LogP contribution in [0, 0.1) is 11.6 Å². The molecule has 0 saturated carbocycles. The van der Waals surface area contributed by atoms with Gasteiger partial charge in [0.15, 0.2) is 0 Å². The normalized spacial score (nSPS) is 11.9. The molecule has 4 heterocycles. The number of carbonyl (C=O) groups excluding carboxylic acids is 1. The predicted molar refractivity (Wildman–Crippen MR) is 177 cm³/mol. The average Bonchev–Trinajstić information content (AvgIpc) is 3.63. The molecule has 0 saturated heterocycles. The summed E-state index contributed by atoms with van der Waals surface area (Å²) in [5.41, 5.74) is 2.96. The first kappa shape index (κ1) is 30.7. The zero-order chi connectivity index (χ0) is 34.1. The van der Waals surface area contributed by atoms with Crippen LogP contribution in [0.4, 0.5) is 14.5 Å². The van der Waals surface area contributed by atoms with Crippen LogP contribution in [-0.4, -0.2) is 60.1 Å². The van der Waals surface area contributed by atoms with Gasteiger partial charge in [-0.25, -0.2) is 27.2 Å². The van der Waals surface area contributed by atoms with E-state index in [-0.39, 0.29) is 39.5 Å². The van der Waals surface area contributed by atoms with Crippen molar-refractivity contribution < 1.29 is 36.3 Å². The van der Waals surface area contributed by atoms with Crippen molar-refractivity contribution in [2.24, 2.45) is 0 Å². The van der Waals surface area contributed by atoms with E-state index in [1.807, 2.05) is 0 Å². The number of sulfonamides is 1. The number of carbonyl (C=O) groups is 2. The number of amides is 1. The van der Waals surface area contributed by atoms with Gasteiger partial charge in [-0.05, 0) is 60.7 Å². The van der Waals surface area contributed by atoms with Crippen LogP contribution in [0.1, 0.15) is 16.2 Å². The van der Waals surface area contributed by atoms with Crippen LogP contribution in [0.5, 0.6) is 0 Å². The Morgan fingerprint density at radius 3 is 2.42 bits per heavy atom. The number of anilines is 1. The van der Waals surface area contributed by atoms with Gasteiger partial charge in [-0.1, -0.05) is 6.07 Å². The summed E-state index contributed by atoms with van der Waals surface area (Å²) in [5.74, 6) is -2.28. The summed E-state index contributed by atoms with van der Waals surface area (Å²) in [4.78, 5) is 34.5. The second-order valence-electron chi connectivity index (χ2n) is 11.2. The number of hydrogen-bond acceptors (Lipinski definition) is 7. The van der Waals surface area contributed by atoms with Crippen LogP contribution >= 0.6 is 0 Å². The minimum atomic E-state index is -3.82. The van der Waals surface area contributed by atoms with Gasteiger partial charge in [0.05, 0.1) is 39.8 Å². The first-order valence-corrected chi connectivity index (χ1v) is 16.3. The number of fused-ring (bicyclic) bond motifs is 6. The van der Waals surface area contributed by atoms with Gasteiger partial charge in [0.25, 0.3) is 5.91 Å². The number of rotatable bonds is 7. The lowest BCUT2D eigenvalue weighted by molar-refractivity contribution is -0.136. The topological polar surface area (TPSA) is 147 Å². The molecular formula is C34H25F2N5O6S. The highest BCUT2D eigenvalue weighted by Crippen LogP contribution is 2.41. The number of halogens is 2. The number of carboxylic acids is 1. The number of benzene rings is 3. The lowest BCUT2D eigenvalue weighted by Crippen LogP contribution is -2.25. The zero-order valence-electron chi connectivity index (χ0n) is 25.6. The van der Waals surface area contributed by atoms with Gasteiger partial charge in [-0.15, -0.1) is 0 Å². The molecule has 4 aromatic heterocycles. The third-order valence-electron chi connectivity index (χ3n) is 8.21. The second kappa shape index (κ2) is 11.1. The van der Waals surface area contributed by atoms with Crippen molar-refractivity contribution in [2.75, 3.05) is 24.7 Å². The van der Waals surface area contributed by atoms with Gasteiger partial charge < -0.3 is 14.8 Å². The van der Waals surface area contributed by atoms with Gasteiger partial charge in [0, 0.05) is 42.1 Å². The van der Waals surface area contributed by atoms with E-state index >= 15 is 0 Å². The summed E-state index contributed by atoms with van der Waals surface area (Å²) in [6.07, 6.45) is 0.600. The zero-order valence-corrected chi connectivity index (χ0v) is 26.4. The maximum atomic E-state index is 14.9. The molecule has 14 heteroatoms. The molecule has 0 fully saturated rings. The maximum absolute atomic E-state index is 14.9. The SMILES string of the molecule is CNC(=O)c1c(-c2ccc(F)cc2)oc2cc(N(C)S(C)(=O)=O)c(-c3ccc4nc(CC(=O)O)n5c6cccc(F)c6cc5c4n3)cc12. The Morgan fingerprint density at radius 2 is 1.73 bits per heavy atom. The highest BCUT2D eigenvalue weighted by molar-refractivity contribution is 7.92. The molecule has 242 valence electrons. The number of nitrogens with zero attached hydrogens (tertiary/aromatic N) is 4. The molecule has 7 rings (SSSR count). The molecule has 0 radical (unpaired) electrons. The molecule has 1 amide bonds. The van der Waals surface area contributed by atoms with Crippen molar-refractivity contribution in [3.63, 3.8) is 0 Å². The van der Waals surface area contributed by atoms with Gasteiger partial charge >= 0.3 is 5.97 Å². The van der Waals surface area contributed by atoms with Crippen LogP contribution in [0.15, 0.2) is 77.2 Å². The van der Waals surface area contributed by atoms with Crippen LogP contribution in [0.2, 0.25) is 0 Å².